The quantitative estimate of drug-likeness (QED) is 0.809. The number of hydrogen-bond acceptors (Lipinski definition) is 3. The molecule has 0 spiro atoms. The standard InChI is InChI=1S/C16H24N4O/c1-13(14-7-11-20(2)12-8-14)19-16(21)18-10-6-15-5-3-4-9-17-15/h3-5,7,9,13H,6,8,10-12H2,1-2H3,(H2,18,19,21). The first kappa shape index (κ1) is 15.5. The molecular formula is C16H24N4O. The van der Waals surface area contributed by atoms with Gasteiger partial charge in [-0.3, -0.25) is 4.98 Å². The molecule has 0 radical (unpaired) electrons. The van der Waals surface area contributed by atoms with E-state index in [1.165, 1.54) is 5.57 Å². The van der Waals surface area contributed by atoms with Crippen molar-refractivity contribution in [3.05, 3.63) is 41.7 Å². The summed E-state index contributed by atoms with van der Waals surface area (Å²) in [5.41, 5.74) is 2.30. The number of hydrogen-bond donors (Lipinski definition) is 2. The minimum atomic E-state index is -0.113. The highest BCUT2D eigenvalue weighted by Crippen LogP contribution is 2.12. The van der Waals surface area contributed by atoms with Gasteiger partial charge in [-0.1, -0.05) is 12.1 Å². The van der Waals surface area contributed by atoms with Gasteiger partial charge in [-0.05, 0) is 38.1 Å². The highest BCUT2D eigenvalue weighted by atomic mass is 16.2. The number of urea groups is 1. The molecule has 5 heteroatoms. The Kier molecular flexibility index (Phi) is 5.75. The number of pyridine rings is 1. The zero-order valence-electron chi connectivity index (χ0n) is 12.8. The Hall–Kier alpha value is -1.88. The largest absolute Gasteiger partial charge is 0.338 e. The molecule has 1 aromatic heterocycles. The molecule has 21 heavy (non-hydrogen) atoms. The molecule has 0 saturated carbocycles. The Morgan fingerprint density at radius 3 is 3.00 bits per heavy atom. The van der Waals surface area contributed by atoms with Crippen LogP contribution in [0.2, 0.25) is 0 Å². The van der Waals surface area contributed by atoms with Crippen molar-refractivity contribution in [3.8, 4) is 0 Å². The number of likely N-dealkylation sites (N-methyl/N-ethyl adjacent to an activating group) is 1. The molecule has 1 unspecified atom stereocenters. The summed E-state index contributed by atoms with van der Waals surface area (Å²) in [6, 6.07) is 5.79. The van der Waals surface area contributed by atoms with Gasteiger partial charge >= 0.3 is 6.03 Å². The fourth-order valence-electron chi connectivity index (χ4n) is 2.37. The summed E-state index contributed by atoms with van der Waals surface area (Å²) >= 11 is 0. The summed E-state index contributed by atoms with van der Waals surface area (Å²) in [5.74, 6) is 0. The van der Waals surface area contributed by atoms with Gasteiger partial charge in [-0.25, -0.2) is 4.79 Å². The lowest BCUT2D eigenvalue weighted by Crippen LogP contribution is -2.43. The molecule has 0 bridgehead atoms. The fourth-order valence-corrected chi connectivity index (χ4v) is 2.37. The minimum Gasteiger partial charge on any atom is -0.338 e. The number of aromatic nitrogens is 1. The van der Waals surface area contributed by atoms with Gasteiger partial charge < -0.3 is 15.5 Å². The molecule has 1 aliphatic heterocycles. The predicted octanol–water partition coefficient (Wildman–Crippen LogP) is 1.57. The molecule has 2 heterocycles. The van der Waals surface area contributed by atoms with E-state index < -0.39 is 0 Å². The zero-order valence-corrected chi connectivity index (χ0v) is 12.8. The average Bonchev–Trinajstić information content (AvgIpc) is 2.49. The lowest BCUT2D eigenvalue weighted by molar-refractivity contribution is 0.238. The van der Waals surface area contributed by atoms with Crippen molar-refractivity contribution >= 4 is 6.03 Å². The minimum absolute atomic E-state index is 0.0913. The number of nitrogens with one attached hydrogen (secondary N) is 2. The molecule has 0 saturated heterocycles. The van der Waals surface area contributed by atoms with E-state index in [0.29, 0.717) is 6.54 Å². The van der Waals surface area contributed by atoms with E-state index in [-0.39, 0.29) is 12.1 Å². The summed E-state index contributed by atoms with van der Waals surface area (Å²) in [7, 11) is 2.11. The first-order valence-electron chi connectivity index (χ1n) is 7.47. The maximum atomic E-state index is 11.9. The third kappa shape index (κ3) is 5.19. The topological polar surface area (TPSA) is 57.3 Å². The van der Waals surface area contributed by atoms with Crippen molar-refractivity contribution in [1.29, 1.82) is 0 Å². The lowest BCUT2D eigenvalue weighted by atomic mass is 10.0. The van der Waals surface area contributed by atoms with Crippen LogP contribution in [0.25, 0.3) is 0 Å². The Balaban J connectivity index is 1.69. The van der Waals surface area contributed by atoms with Crippen LogP contribution in [0.3, 0.4) is 0 Å². The van der Waals surface area contributed by atoms with Crippen LogP contribution in [-0.2, 0) is 6.42 Å². The van der Waals surface area contributed by atoms with Crippen molar-refractivity contribution in [2.45, 2.75) is 25.8 Å². The van der Waals surface area contributed by atoms with Gasteiger partial charge in [0.25, 0.3) is 0 Å². The highest BCUT2D eigenvalue weighted by Gasteiger charge is 2.15. The number of rotatable bonds is 5. The van der Waals surface area contributed by atoms with E-state index >= 15 is 0 Å². The molecule has 0 aliphatic carbocycles. The Labute approximate surface area is 126 Å². The van der Waals surface area contributed by atoms with Gasteiger partial charge in [-0.2, -0.15) is 0 Å². The highest BCUT2D eigenvalue weighted by molar-refractivity contribution is 5.74. The predicted molar refractivity (Wildman–Crippen MR) is 84.1 cm³/mol. The molecule has 1 aliphatic rings. The smallest absolute Gasteiger partial charge is 0.315 e. The van der Waals surface area contributed by atoms with E-state index in [1.54, 1.807) is 6.20 Å². The van der Waals surface area contributed by atoms with Crippen LogP contribution in [0.15, 0.2) is 36.0 Å². The monoisotopic (exact) mass is 288 g/mol. The molecule has 2 rings (SSSR count). The molecule has 2 N–H and O–H groups in total. The molecule has 114 valence electrons. The van der Waals surface area contributed by atoms with Crippen LogP contribution in [0.5, 0.6) is 0 Å². The maximum absolute atomic E-state index is 11.9. The Morgan fingerprint density at radius 1 is 1.48 bits per heavy atom. The van der Waals surface area contributed by atoms with Crippen LogP contribution in [0.4, 0.5) is 4.79 Å². The Bertz CT molecular complexity index is 486. The molecule has 0 fully saturated rings. The van der Waals surface area contributed by atoms with E-state index in [9.17, 15) is 4.79 Å². The van der Waals surface area contributed by atoms with Gasteiger partial charge in [-0.15, -0.1) is 0 Å². The molecule has 2 amide bonds. The van der Waals surface area contributed by atoms with Gasteiger partial charge in [0.1, 0.15) is 0 Å². The average molecular weight is 288 g/mol. The number of nitrogens with zero attached hydrogens (tertiary/aromatic N) is 2. The second-order valence-corrected chi connectivity index (χ2v) is 5.48. The molecule has 0 aromatic carbocycles. The first-order valence-corrected chi connectivity index (χ1v) is 7.47. The van der Waals surface area contributed by atoms with E-state index in [1.807, 2.05) is 25.1 Å². The maximum Gasteiger partial charge on any atom is 0.315 e. The summed E-state index contributed by atoms with van der Waals surface area (Å²) in [6.07, 6.45) is 5.74. The van der Waals surface area contributed by atoms with Gasteiger partial charge in [0, 0.05) is 44.0 Å². The number of carbonyl (C=O) groups excluding carboxylic acids is 1. The van der Waals surface area contributed by atoms with Crippen LogP contribution < -0.4 is 10.6 Å². The van der Waals surface area contributed by atoms with E-state index in [0.717, 1.165) is 31.6 Å². The summed E-state index contributed by atoms with van der Waals surface area (Å²) in [6.45, 7) is 4.65. The summed E-state index contributed by atoms with van der Waals surface area (Å²) < 4.78 is 0. The van der Waals surface area contributed by atoms with Crippen LogP contribution >= 0.6 is 0 Å². The lowest BCUT2D eigenvalue weighted by Gasteiger charge is -2.26. The van der Waals surface area contributed by atoms with E-state index in [2.05, 4.69) is 33.6 Å². The SMILES string of the molecule is CC(NC(=O)NCCc1ccccn1)C1=CCN(C)CC1. The molecule has 1 aromatic rings. The van der Waals surface area contributed by atoms with Crippen molar-refractivity contribution < 1.29 is 4.79 Å². The van der Waals surface area contributed by atoms with Gasteiger partial charge in [0.2, 0.25) is 0 Å². The Morgan fingerprint density at radius 2 is 2.33 bits per heavy atom. The first-order chi connectivity index (χ1) is 10.1. The van der Waals surface area contributed by atoms with Crippen molar-refractivity contribution in [2.75, 3.05) is 26.7 Å². The third-order valence-electron chi connectivity index (χ3n) is 3.74. The second kappa shape index (κ2) is 7.78. The fraction of sp³-hybridized carbons (Fsp3) is 0.500. The molecule has 5 nitrogen and oxygen atoms in total. The van der Waals surface area contributed by atoms with E-state index in [4.69, 9.17) is 0 Å². The van der Waals surface area contributed by atoms with Crippen LogP contribution in [-0.4, -0.2) is 48.6 Å². The number of carbonyl (C=O) groups is 1. The van der Waals surface area contributed by atoms with Gasteiger partial charge in [0.05, 0.1) is 0 Å². The van der Waals surface area contributed by atoms with Crippen molar-refractivity contribution in [3.63, 3.8) is 0 Å². The summed E-state index contributed by atoms with van der Waals surface area (Å²) in [4.78, 5) is 18.4. The van der Waals surface area contributed by atoms with Crippen LogP contribution in [0.1, 0.15) is 19.0 Å². The van der Waals surface area contributed by atoms with Crippen LogP contribution in [0, 0.1) is 0 Å². The van der Waals surface area contributed by atoms with Gasteiger partial charge in [0.15, 0.2) is 0 Å². The zero-order chi connectivity index (χ0) is 15.1. The molecule has 1 atom stereocenters. The normalized spacial score (nSPS) is 17.0. The van der Waals surface area contributed by atoms with Crippen molar-refractivity contribution in [2.24, 2.45) is 0 Å². The number of amides is 2. The third-order valence-corrected chi connectivity index (χ3v) is 3.74. The second-order valence-electron chi connectivity index (χ2n) is 5.48. The molecular weight excluding hydrogens is 264 g/mol. The van der Waals surface area contributed by atoms with Crippen molar-refractivity contribution in [1.82, 2.24) is 20.5 Å². The summed E-state index contributed by atoms with van der Waals surface area (Å²) in [5, 5.41) is 5.88.